The number of rotatable bonds is 4. The minimum absolute atomic E-state index is 0.0314. The number of furan rings is 1. The molecule has 1 aromatic carbocycles. The predicted molar refractivity (Wildman–Crippen MR) is 118 cm³/mol. The maximum Gasteiger partial charge on any atom is 0.416 e. The van der Waals surface area contributed by atoms with E-state index >= 15 is 0 Å². The Morgan fingerprint density at radius 1 is 1.24 bits per heavy atom. The molecule has 2 aromatic rings. The molecule has 2 saturated heterocycles. The van der Waals surface area contributed by atoms with E-state index in [9.17, 15) is 23.1 Å². The van der Waals surface area contributed by atoms with E-state index in [1.165, 1.54) is 13.2 Å². The lowest BCUT2D eigenvalue weighted by Gasteiger charge is -2.57. The fourth-order valence-electron chi connectivity index (χ4n) is 5.15. The third kappa shape index (κ3) is 4.50. The van der Waals surface area contributed by atoms with Gasteiger partial charge in [0, 0.05) is 18.5 Å². The van der Waals surface area contributed by atoms with Gasteiger partial charge in [0.15, 0.2) is 0 Å². The number of aliphatic hydroxyl groups excluding tert-OH is 1. The van der Waals surface area contributed by atoms with Gasteiger partial charge >= 0.3 is 12.3 Å². The molecule has 5 rings (SSSR count). The number of carbonyl (C=O) groups is 1. The molecule has 9 heteroatoms. The lowest BCUT2D eigenvalue weighted by molar-refractivity contribution is -0.139. The first-order chi connectivity index (χ1) is 15.7. The molecule has 1 amide bonds. The number of piperidine rings is 2. The molecule has 0 spiro atoms. The highest BCUT2D eigenvalue weighted by Crippen LogP contribution is 2.58. The molecule has 1 aromatic heterocycles. The van der Waals surface area contributed by atoms with Crippen LogP contribution in [-0.4, -0.2) is 41.9 Å². The first-order valence-corrected chi connectivity index (χ1v) is 11.2. The first kappa shape index (κ1) is 24.4. The van der Waals surface area contributed by atoms with Gasteiger partial charge in [-0.25, -0.2) is 4.79 Å². The predicted octanol–water partition coefficient (Wildman–Crippen LogP) is 5.96. The van der Waals surface area contributed by atoms with Crippen molar-refractivity contribution in [2.75, 3.05) is 20.2 Å². The molecule has 3 heterocycles. The Hall–Kier alpha value is -2.68. The zero-order valence-electron chi connectivity index (χ0n) is 20.0. The highest BCUT2D eigenvalue weighted by Gasteiger charge is 2.56. The molecule has 1 N–H and O–H groups in total. The van der Waals surface area contributed by atoms with E-state index in [0.717, 1.165) is 25.0 Å². The Kier molecular flexibility index (Phi) is 5.91. The van der Waals surface area contributed by atoms with Crippen LogP contribution >= 0.6 is 0 Å². The smallest absolute Gasteiger partial charge is 0.416 e. The normalized spacial score (nSPS) is 23.3. The third-order valence-electron chi connectivity index (χ3n) is 6.59. The summed E-state index contributed by atoms with van der Waals surface area (Å²) >= 11 is 0. The van der Waals surface area contributed by atoms with Gasteiger partial charge in [0.25, 0.3) is 0 Å². The number of aliphatic hydroxyl groups is 1. The second-order valence-corrected chi connectivity index (χ2v) is 10.5. The second kappa shape index (κ2) is 8.22. The molecule has 1 unspecified atom stereocenters. The Labute approximate surface area is 196 Å². The van der Waals surface area contributed by atoms with Gasteiger partial charge in [-0.05, 0) is 76.3 Å². The van der Waals surface area contributed by atoms with Crippen LogP contribution in [0.25, 0.3) is 11.3 Å². The molecular weight excluding hydrogens is 451 g/mol. The van der Waals surface area contributed by atoms with Crippen LogP contribution in [0.3, 0.4) is 0 Å². The summed E-state index contributed by atoms with van der Waals surface area (Å²) in [5.41, 5.74) is -0.945. The average molecular weight is 482 g/mol. The maximum atomic E-state index is 13.1. The molecule has 34 heavy (non-hydrogen) atoms. The highest BCUT2D eigenvalue weighted by atomic mass is 19.4. The summed E-state index contributed by atoms with van der Waals surface area (Å²) in [6, 6.07) is 4.92. The number of alkyl halides is 3. The lowest BCUT2D eigenvalue weighted by atomic mass is 9.56. The van der Waals surface area contributed by atoms with E-state index in [1.54, 1.807) is 17.9 Å². The SMILES string of the molecule is COc1cc(C(F)(F)F)ccc1-c1oc(C(O)C23CC(CN(C(=O)OC(C)(C)C)C2)C3)cc1C. The highest BCUT2D eigenvalue weighted by molar-refractivity contribution is 5.70. The Morgan fingerprint density at radius 2 is 1.91 bits per heavy atom. The summed E-state index contributed by atoms with van der Waals surface area (Å²) < 4.78 is 56.0. The van der Waals surface area contributed by atoms with Gasteiger partial charge in [-0.15, -0.1) is 0 Å². The summed E-state index contributed by atoms with van der Waals surface area (Å²) in [7, 11) is 1.30. The molecule has 1 saturated carbocycles. The van der Waals surface area contributed by atoms with Gasteiger partial charge in [-0.1, -0.05) is 0 Å². The Morgan fingerprint density at radius 3 is 2.50 bits per heavy atom. The molecule has 6 nitrogen and oxygen atoms in total. The van der Waals surface area contributed by atoms with Crippen molar-refractivity contribution in [2.24, 2.45) is 11.3 Å². The number of methoxy groups -OCH3 is 1. The first-order valence-electron chi connectivity index (χ1n) is 11.2. The average Bonchev–Trinajstić information content (AvgIpc) is 3.11. The molecule has 2 bridgehead atoms. The molecule has 186 valence electrons. The number of nitrogens with zero attached hydrogens (tertiary/aromatic N) is 1. The monoisotopic (exact) mass is 481 g/mol. The maximum absolute atomic E-state index is 13.1. The van der Waals surface area contributed by atoms with E-state index in [0.29, 0.717) is 35.7 Å². The van der Waals surface area contributed by atoms with Gasteiger partial charge < -0.3 is 23.9 Å². The second-order valence-electron chi connectivity index (χ2n) is 10.5. The number of fused-ring (bicyclic) bond motifs is 2. The number of benzene rings is 1. The molecule has 1 atom stereocenters. The third-order valence-corrected chi connectivity index (χ3v) is 6.59. The number of amides is 1. The summed E-state index contributed by atoms with van der Waals surface area (Å²) in [5, 5.41) is 11.3. The number of carbonyl (C=O) groups excluding carboxylic acids is 1. The minimum atomic E-state index is -4.49. The van der Waals surface area contributed by atoms with Crippen LogP contribution < -0.4 is 4.74 Å². The fraction of sp³-hybridized carbons (Fsp3) is 0.560. The zero-order valence-corrected chi connectivity index (χ0v) is 20.0. The van der Waals surface area contributed by atoms with Crippen LogP contribution in [0.15, 0.2) is 28.7 Å². The number of hydrogen-bond acceptors (Lipinski definition) is 5. The van der Waals surface area contributed by atoms with Gasteiger partial charge in [-0.3, -0.25) is 0 Å². The topological polar surface area (TPSA) is 72.1 Å². The van der Waals surface area contributed by atoms with Crippen molar-refractivity contribution >= 4 is 6.09 Å². The van der Waals surface area contributed by atoms with Crippen LogP contribution in [0, 0.1) is 18.3 Å². The molecular formula is C25H30F3NO5. The molecule has 1 aliphatic carbocycles. The van der Waals surface area contributed by atoms with Gasteiger partial charge in [0.2, 0.25) is 0 Å². The Balaban J connectivity index is 1.59. The summed E-state index contributed by atoms with van der Waals surface area (Å²) in [6.45, 7) is 8.13. The number of aryl methyl sites for hydroxylation is 1. The standard InChI is InChI=1S/C25H30F3NO5/c1-14-8-19(33-20(14)17-7-6-16(25(26,27)28)9-18(17)32-5)21(30)24-10-15(11-24)12-29(13-24)22(31)34-23(2,3)4/h6-9,15,21,30H,10-13H2,1-5H3. The number of hydrogen-bond donors (Lipinski definition) is 1. The quantitative estimate of drug-likeness (QED) is 0.583. The van der Waals surface area contributed by atoms with E-state index in [4.69, 9.17) is 13.9 Å². The van der Waals surface area contributed by atoms with Crippen LogP contribution in [-0.2, 0) is 10.9 Å². The summed E-state index contributed by atoms with van der Waals surface area (Å²) in [4.78, 5) is 14.2. The molecule has 3 aliphatic rings. The van der Waals surface area contributed by atoms with Gasteiger partial charge in [-0.2, -0.15) is 13.2 Å². The van der Waals surface area contributed by atoms with E-state index in [-0.39, 0.29) is 11.7 Å². The Bertz CT molecular complexity index is 1080. The lowest BCUT2D eigenvalue weighted by Crippen LogP contribution is -2.60. The van der Waals surface area contributed by atoms with Crippen molar-refractivity contribution < 1.29 is 37.0 Å². The van der Waals surface area contributed by atoms with Crippen LogP contribution in [0.4, 0.5) is 18.0 Å². The van der Waals surface area contributed by atoms with Crippen molar-refractivity contribution in [3.05, 3.63) is 41.2 Å². The van der Waals surface area contributed by atoms with Crippen molar-refractivity contribution in [1.82, 2.24) is 4.90 Å². The summed E-state index contributed by atoms with van der Waals surface area (Å²) in [6.07, 6.45) is -4.36. The van der Waals surface area contributed by atoms with Crippen molar-refractivity contribution in [2.45, 2.75) is 58.4 Å². The van der Waals surface area contributed by atoms with Crippen LogP contribution in [0.2, 0.25) is 0 Å². The van der Waals surface area contributed by atoms with E-state index in [2.05, 4.69) is 0 Å². The fourth-order valence-corrected chi connectivity index (χ4v) is 5.15. The van der Waals surface area contributed by atoms with Crippen molar-refractivity contribution in [1.29, 1.82) is 0 Å². The number of halogens is 3. The minimum Gasteiger partial charge on any atom is -0.496 e. The van der Waals surface area contributed by atoms with E-state index < -0.39 is 35.0 Å². The van der Waals surface area contributed by atoms with Gasteiger partial charge in [0.1, 0.15) is 29.0 Å². The van der Waals surface area contributed by atoms with Gasteiger partial charge in [0.05, 0.1) is 18.2 Å². The van der Waals surface area contributed by atoms with Crippen LogP contribution in [0.1, 0.15) is 56.6 Å². The van der Waals surface area contributed by atoms with E-state index in [1.807, 2.05) is 20.8 Å². The molecule has 0 radical (unpaired) electrons. The largest absolute Gasteiger partial charge is 0.496 e. The number of ether oxygens (including phenoxy) is 2. The zero-order chi connectivity index (χ0) is 25.1. The summed E-state index contributed by atoms with van der Waals surface area (Å²) in [5.74, 6) is 0.969. The van der Waals surface area contributed by atoms with Crippen molar-refractivity contribution in [3.8, 4) is 17.1 Å². The molecule has 2 aliphatic heterocycles. The van der Waals surface area contributed by atoms with Crippen LogP contribution in [0.5, 0.6) is 5.75 Å². The van der Waals surface area contributed by atoms with Crippen molar-refractivity contribution in [3.63, 3.8) is 0 Å². The molecule has 3 fully saturated rings.